The lowest BCUT2D eigenvalue weighted by Crippen LogP contribution is -1.82. The third-order valence-electron chi connectivity index (χ3n) is 0. The SMILES string of the molecule is CC.CO.C[SiH3].NC=O. The van der Waals surface area contributed by atoms with Crippen molar-refractivity contribution in [3.05, 3.63) is 0 Å². The van der Waals surface area contributed by atoms with Crippen molar-refractivity contribution in [2.45, 2.75) is 20.4 Å². The molecule has 1 amide bonds. The average Bonchev–Trinajstić information content (AvgIpc) is 2.01. The summed E-state index contributed by atoms with van der Waals surface area (Å²) in [5.74, 6) is 0. The molecule has 0 aliphatic heterocycles. The topological polar surface area (TPSA) is 63.3 Å². The smallest absolute Gasteiger partial charge is 0.204 e. The third kappa shape index (κ3) is 1960. The maximum absolute atomic E-state index is 8.58. The van der Waals surface area contributed by atoms with E-state index < -0.39 is 0 Å². The van der Waals surface area contributed by atoms with Crippen LogP contribution in [0.2, 0.25) is 6.55 Å². The highest BCUT2D eigenvalue weighted by molar-refractivity contribution is 6.05. The first-order valence-electron chi connectivity index (χ1n) is 3.02. The molecule has 3 N–H and O–H groups in total. The molecule has 0 saturated carbocycles. The minimum Gasteiger partial charge on any atom is -0.400 e. The van der Waals surface area contributed by atoms with Crippen LogP contribution >= 0.6 is 0 Å². The van der Waals surface area contributed by atoms with E-state index in [1.807, 2.05) is 13.8 Å². The lowest BCUT2D eigenvalue weighted by Gasteiger charge is -1.32. The van der Waals surface area contributed by atoms with Gasteiger partial charge in [-0.3, -0.25) is 4.79 Å². The summed E-state index contributed by atoms with van der Waals surface area (Å²) in [6, 6.07) is 0. The van der Waals surface area contributed by atoms with Crippen LogP contribution in [0.5, 0.6) is 0 Å². The standard InChI is InChI=1S/C2H6.CH3NO.CH4O.CH6Si/c1-2;2-1-3;2*1-2/h1-2H3;1H,(H2,2,3);2H,1H3;1-2H3. The van der Waals surface area contributed by atoms with Crippen LogP contribution in [0.1, 0.15) is 13.8 Å². The molecule has 0 aromatic carbocycles. The van der Waals surface area contributed by atoms with E-state index in [9.17, 15) is 0 Å². The molecule has 0 bridgehead atoms. The van der Waals surface area contributed by atoms with E-state index >= 15 is 0 Å². The van der Waals surface area contributed by atoms with Crippen LogP contribution in [0.3, 0.4) is 0 Å². The van der Waals surface area contributed by atoms with Crippen LogP contribution in [-0.2, 0) is 4.79 Å². The van der Waals surface area contributed by atoms with Gasteiger partial charge in [0.25, 0.3) is 0 Å². The Bertz CT molecular complexity index is 22.4. The molecule has 0 heterocycles. The van der Waals surface area contributed by atoms with Crippen LogP contribution in [-0.4, -0.2) is 28.9 Å². The summed E-state index contributed by atoms with van der Waals surface area (Å²) in [5, 5.41) is 7.00. The largest absolute Gasteiger partial charge is 0.400 e. The van der Waals surface area contributed by atoms with Crippen molar-refractivity contribution < 1.29 is 9.90 Å². The Morgan fingerprint density at radius 2 is 1.33 bits per heavy atom. The van der Waals surface area contributed by atoms with Crippen LogP contribution < -0.4 is 5.73 Å². The molecule has 0 aromatic heterocycles. The minimum atomic E-state index is 0.250. The van der Waals surface area contributed by atoms with Crippen molar-refractivity contribution in [3.63, 3.8) is 0 Å². The Hall–Kier alpha value is -0.353. The number of aliphatic hydroxyl groups excluding tert-OH is 1. The summed E-state index contributed by atoms with van der Waals surface area (Å²) in [5.41, 5.74) is 4.17. The highest BCUT2D eigenvalue weighted by Crippen LogP contribution is 1.14. The zero-order valence-electron chi connectivity index (χ0n) is 7.01. The molecule has 0 radical (unpaired) electrons. The van der Waals surface area contributed by atoms with Gasteiger partial charge < -0.3 is 10.8 Å². The highest BCUT2D eigenvalue weighted by atomic mass is 28.1. The molecule has 0 fully saturated rings. The fourth-order valence-electron chi connectivity index (χ4n) is 0. The molecule has 0 spiro atoms. The van der Waals surface area contributed by atoms with Crippen molar-refractivity contribution in [1.82, 2.24) is 0 Å². The lowest BCUT2D eigenvalue weighted by molar-refractivity contribution is -0.106. The molecule has 0 aromatic rings. The van der Waals surface area contributed by atoms with Crippen LogP contribution in [0, 0.1) is 0 Å². The van der Waals surface area contributed by atoms with Gasteiger partial charge >= 0.3 is 0 Å². The maximum Gasteiger partial charge on any atom is 0.204 e. The fraction of sp³-hybridized carbons (Fsp3) is 0.800. The predicted octanol–water partition coefficient (Wildman–Crippen LogP) is -0.864. The number of carbonyl (C=O) groups excluding carboxylic acids is 1. The third-order valence-corrected chi connectivity index (χ3v) is 0. The second-order valence-electron chi connectivity index (χ2n) is 0.136. The normalized spacial score (nSPS) is 3.67. The Labute approximate surface area is 60.7 Å². The molecule has 0 aliphatic rings. The molecule has 60 valence electrons. The van der Waals surface area contributed by atoms with E-state index in [2.05, 4.69) is 12.3 Å². The van der Waals surface area contributed by atoms with Crippen LogP contribution in [0.25, 0.3) is 0 Å². The first kappa shape index (κ1) is 23.4. The quantitative estimate of drug-likeness (QED) is 0.351. The summed E-state index contributed by atoms with van der Waals surface area (Å²) >= 11 is 0. The number of aliphatic hydroxyl groups is 1. The zero-order chi connectivity index (χ0) is 8.71. The maximum atomic E-state index is 8.58. The van der Waals surface area contributed by atoms with Crippen molar-refractivity contribution in [1.29, 1.82) is 0 Å². The van der Waals surface area contributed by atoms with E-state index in [-0.39, 0.29) is 6.41 Å². The monoisotopic (exact) mass is 153 g/mol. The summed E-state index contributed by atoms with van der Waals surface area (Å²) in [7, 11) is 2.31. The number of amides is 1. The van der Waals surface area contributed by atoms with E-state index in [1.165, 1.54) is 10.2 Å². The molecule has 0 saturated heterocycles. The van der Waals surface area contributed by atoms with Gasteiger partial charge in [-0.25, -0.2) is 0 Å². The number of carbonyl (C=O) groups is 1. The first-order valence-corrected chi connectivity index (χ1v) is 5.02. The van der Waals surface area contributed by atoms with Crippen LogP contribution in [0.4, 0.5) is 0 Å². The average molecular weight is 153 g/mol. The van der Waals surface area contributed by atoms with E-state index in [0.717, 1.165) is 7.11 Å². The van der Waals surface area contributed by atoms with Gasteiger partial charge in [-0.15, -0.1) is 0 Å². The van der Waals surface area contributed by atoms with E-state index in [4.69, 9.17) is 9.90 Å². The molecule has 0 aliphatic carbocycles. The molecular weight excluding hydrogens is 134 g/mol. The number of primary amides is 1. The van der Waals surface area contributed by atoms with Gasteiger partial charge in [0.2, 0.25) is 6.41 Å². The predicted molar refractivity (Wildman–Crippen MR) is 45.5 cm³/mol. The zero-order valence-corrected chi connectivity index (χ0v) is 9.01. The minimum absolute atomic E-state index is 0.250. The molecule has 0 unspecified atom stereocenters. The van der Waals surface area contributed by atoms with Crippen molar-refractivity contribution in [2.75, 3.05) is 7.11 Å². The molecule has 9 heavy (non-hydrogen) atoms. The van der Waals surface area contributed by atoms with E-state index in [1.54, 1.807) is 0 Å². The molecule has 3 nitrogen and oxygen atoms in total. The Balaban J connectivity index is -0.0000000190. The van der Waals surface area contributed by atoms with Gasteiger partial charge in [0, 0.05) is 7.11 Å². The van der Waals surface area contributed by atoms with Crippen molar-refractivity contribution in [3.8, 4) is 0 Å². The highest BCUT2D eigenvalue weighted by Gasteiger charge is 1.19. The van der Waals surface area contributed by atoms with Gasteiger partial charge in [0.15, 0.2) is 0 Å². The fourth-order valence-corrected chi connectivity index (χ4v) is 0. The molecule has 0 atom stereocenters. The summed E-state index contributed by atoms with van der Waals surface area (Å²) in [6.07, 6.45) is 0.250. The van der Waals surface area contributed by atoms with Gasteiger partial charge in [0.1, 0.15) is 0 Å². The second kappa shape index (κ2) is 807. The van der Waals surface area contributed by atoms with Gasteiger partial charge in [-0.05, 0) is 10.2 Å². The number of rotatable bonds is 0. The molecule has 4 heteroatoms. The van der Waals surface area contributed by atoms with E-state index in [0.29, 0.717) is 0 Å². The molecular formula is C5H19NO2Si. The second-order valence-corrected chi connectivity index (χ2v) is 0.136. The Morgan fingerprint density at radius 1 is 1.33 bits per heavy atom. The van der Waals surface area contributed by atoms with Gasteiger partial charge in [-0.1, -0.05) is 20.4 Å². The number of hydrogen-bond donors (Lipinski definition) is 2. The summed E-state index contributed by atoms with van der Waals surface area (Å²) in [6.45, 7) is 6.14. The Morgan fingerprint density at radius 3 is 1.33 bits per heavy atom. The Kier molecular flexibility index (Phi) is 2100. The number of hydrogen-bond acceptors (Lipinski definition) is 2. The van der Waals surface area contributed by atoms with Crippen molar-refractivity contribution >= 4 is 16.7 Å². The van der Waals surface area contributed by atoms with Gasteiger partial charge in [0.05, 0.1) is 0 Å². The summed E-state index contributed by atoms with van der Waals surface area (Å²) in [4.78, 5) is 8.58. The lowest BCUT2D eigenvalue weighted by atomic mass is 11.0. The first-order chi connectivity index (χ1) is 4.41. The van der Waals surface area contributed by atoms with Crippen molar-refractivity contribution in [2.24, 2.45) is 5.73 Å². The molecule has 0 rings (SSSR count). The number of nitrogens with two attached hydrogens (primary N) is 1. The van der Waals surface area contributed by atoms with Crippen LogP contribution in [0.15, 0.2) is 0 Å². The van der Waals surface area contributed by atoms with Gasteiger partial charge in [-0.2, -0.15) is 0 Å². The summed E-state index contributed by atoms with van der Waals surface area (Å²) < 4.78 is 0.